The highest BCUT2D eigenvalue weighted by molar-refractivity contribution is 5.68. The van der Waals surface area contributed by atoms with Gasteiger partial charge < -0.3 is 15.0 Å². The van der Waals surface area contributed by atoms with Gasteiger partial charge in [0.2, 0.25) is 0 Å². The van der Waals surface area contributed by atoms with Crippen LogP contribution < -0.4 is 10.1 Å². The van der Waals surface area contributed by atoms with Crippen molar-refractivity contribution in [2.45, 2.75) is 20.3 Å². The van der Waals surface area contributed by atoms with Gasteiger partial charge >= 0.3 is 5.69 Å². The monoisotopic (exact) mass is 281 g/mol. The first-order valence-electron chi connectivity index (χ1n) is 6.92. The number of rotatable bonds is 9. The van der Waals surface area contributed by atoms with Crippen molar-refractivity contribution in [1.29, 1.82) is 0 Å². The molecule has 1 aromatic carbocycles. The van der Waals surface area contributed by atoms with Gasteiger partial charge in [0.1, 0.15) is 5.69 Å². The minimum atomic E-state index is -0.392. The number of benzene rings is 1. The van der Waals surface area contributed by atoms with Crippen LogP contribution in [0.1, 0.15) is 20.3 Å². The smallest absolute Gasteiger partial charge is 0.333 e. The van der Waals surface area contributed by atoms with E-state index >= 15 is 0 Å². The Labute approximate surface area is 119 Å². The SMILES string of the molecule is CCCOc1cccc(NCCN(C)CC)c1[N+](=O)[O-]. The lowest BCUT2D eigenvalue weighted by atomic mass is 10.2. The Balaban J connectivity index is 2.81. The van der Waals surface area contributed by atoms with Gasteiger partial charge in [-0.1, -0.05) is 19.9 Å². The summed E-state index contributed by atoms with van der Waals surface area (Å²) in [6, 6.07) is 5.11. The molecule has 0 aromatic heterocycles. The number of hydrogen-bond acceptors (Lipinski definition) is 5. The second-order valence-electron chi connectivity index (χ2n) is 4.58. The van der Waals surface area contributed by atoms with Crippen molar-refractivity contribution in [3.8, 4) is 5.75 Å². The zero-order chi connectivity index (χ0) is 15.0. The molecule has 6 heteroatoms. The zero-order valence-electron chi connectivity index (χ0n) is 12.4. The van der Waals surface area contributed by atoms with Crippen molar-refractivity contribution < 1.29 is 9.66 Å². The summed E-state index contributed by atoms with van der Waals surface area (Å²) in [7, 11) is 2.01. The van der Waals surface area contributed by atoms with Gasteiger partial charge in [-0.3, -0.25) is 10.1 Å². The molecule has 0 aliphatic rings. The average Bonchev–Trinajstić information content (AvgIpc) is 2.44. The number of nitrogens with one attached hydrogen (secondary N) is 1. The summed E-state index contributed by atoms with van der Waals surface area (Å²) in [4.78, 5) is 13.0. The molecule has 1 rings (SSSR count). The van der Waals surface area contributed by atoms with E-state index < -0.39 is 4.92 Å². The molecule has 0 aliphatic heterocycles. The van der Waals surface area contributed by atoms with Crippen LogP contribution in [0.4, 0.5) is 11.4 Å². The summed E-state index contributed by atoms with van der Waals surface area (Å²) in [5.41, 5.74) is 0.521. The van der Waals surface area contributed by atoms with E-state index in [0.29, 0.717) is 24.6 Å². The lowest BCUT2D eigenvalue weighted by Crippen LogP contribution is -2.24. The number of hydrogen-bond donors (Lipinski definition) is 1. The Bertz CT molecular complexity index is 438. The molecule has 1 N–H and O–H groups in total. The Kier molecular flexibility index (Phi) is 6.79. The molecule has 0 bridgehead atoms. The number of nitrogens with zero attached hydrogens (tertiary/aromatic N) is 2. The third kappa shape index (κ3) is 4.70. The fraction of sp³-hybridized carbons (Fsp3) is 0.571. The van der Waals surface area contributed by atoms with E-state index in [1.165, 1.54) is 0 Å². The summed E-state index contributed by atoms with van der Waals surface area (Å²) in [5.74, 6) is 0.325. The molecule has 1 aromatic rings. The van der Waals surface area contributed by atoms with Crippen molar-refractivity contribution in [2.75, 3.05) is 38.6 Å². The number of nitro groups is 1. The van der Waals surface area contributed by atoms with Crippen LogP contribution in [0.3, 0.4) is 0 Å². The molecule has 0 saturated heterocycles. The third-order valence-electron chi connectivity index (χ3n) is 2.99. The Hall–Kier alpha value is -1.82. The molecule has 0 saturated carbocycles. The minimum Gasteiger partial charge on any atom is -0.487 e. The van der Waals surface area contributed by atoms with Crippen LogP contribution in [-0.2, 0) is 0 Å². The van der Waals surface area contributed by atoms with Gasteiger partial charge in [-0.25, -0.2) is 0 Å². The molecule has 0 spiro atoms. The molecular weight excluding hydrogens is 258 g/mol. The van der Waals surface area contributed by atoms with E-state index in [9.17, 15) is 10.1 Å². The highest BCUT2D eigenvalue weighted by atomic mass is 16.6. The van der Waals surface area contributed by atoms with Crippen molar-refractivity contribution in [3.63, 3.8) is 0 Å². The van der Waals surface area contributed by atoms with E-state index in [0.717, 1.165) is 19.5 Å². The van der Waals surface area contributed by atoms with Gasteiger partial charge in [0, 0.05) is 13.1 Å². The number of nitro benzene ring substituents is 1. The van der Waals surface area contributed by atoms with Gasteiger partial charge in [-0.05, 0) is 32.1 Å². The van der Waals surface area contributed by atoms with Crippen LogP contribution in [0.15, 0.2) is 18.2 Å². The molecule has 0 unspecified atom stereocenters. The van der Waals surface area contributed by atoms with Crippen LogP contribution in [0.5, 0.6) is 5.75 Å². The quantitative estimate of drug-likeness (QED) is 0.557. The Morgan fingerprint density at radius 3 is 2.75 bits per heavy atom. The van der Waals surface area contributed by atoms with E-state index in [1.807, 2.05) is 14.0 Å². The summed E-state index contributed by atoms with van der Waals surface area (Å²) >= 11 is 0. The van der Waals surface area contributed by atoms with E-state index in [1.54, 1.807) is 18.2 Å². The van der Waals surface area contributed by atoms with Crippen LogP contribution in [0.25, 0.3) is 0 Å². The largest absolute Gasteiger partial charge is 0.487 e. The molecule has 20 heavy (non-hydrogen) atoms. The zero-order valence-corrected chi connectivity index (χ0v) is 12.4. The molecule has 0 fully saturated rings. The van der Waals surface area contributed by atoms with Gasteiger partial charge in [-0.2, -0.15) is 0 Å². The third-order valence-corrected chi connectivity index (χ3v) is 2.99. The van der Waals surface area contributed by atoms with Gasteiger partial charge in [0.15, 0.2) is 5.75 Å². The number of para-hydroxylation sites is 1. The fourth-order valence-electron chi connectivity index (χ4n) is 1.72. The highest BCUT2D eigenvalue weighted by Crippen LogP contribution is 2.34. The predicted molar refractivity (Wildman–Crippen MR) is 80.5 cm³/mol. The number of anilines is 1. The highest BCUT2D eigenvalue weighted by Gasteiger charge is 2.20. The molecule has 0 atom stereocenters. The summed E-state index contributed by atoms with van der Waals surface area (Å²) < 4.78 is 5.44. The summed E-state index contributed by atoms with van der Waals surface area (Å²) in [6.45, 7) is 6.94. The molecule has 0 heterocycles. The van der Waals surface area contributed by atoms with Crippen molar-refractivity contribution in [1.82, 2.24) is 4.90 Å². The molecule has 0 radical (unpaired) electrons. The Morgan fingerprint density at radius 1 is 1.40 bits per heavy atom. The molecular formula is C14H23N3O3. The first kappa shape index (κ1) is 16.2. The maximum Gasteiger partial charge on any atom is 0.333 e. The molecule has 112 valence electrons. The van der Waals surface area contributed by atoms with E-state index in [-0.39, 0.29) is 5.69 Å². The van der Waals surface area contributed by atoms with Crippen molar-refractivity contribution in [2.24, 2.45) is 0 Å². The minimum absolute atomic E-state index is 0.0140. The lowest BCUT2D eigenvalue weighted by Gasteiger charge is -2.15. The molecule has 6 nitrogen and oxygen atoms in total. The average molecular weight is 281 g/mol. The maximum absolute atomic E-state index is 11.2. The first-order valence-corrected chi connectivity index (χ1v) is 6.92. The second kappa shape index (κ2) is 8.37. The van der Waals surface area contributed by atoms with E-state index in [2.05, 4.69) is 17.1 Å². The summed E-state index contributed by atoms with van der Waals surface area (Å²) in [5, 5.41) is 14.3. The van der Waals surface area contributed by atoms with Crippen LogP contribution in [0.2, 0.25) is 0 Å². The van der Waals surface area contributed by atoms with Crippen molar-refractivity contribution >= 4 is 11.4 Å². The Morgan fingerprint density at radius 2 is 2.15 bits per heavy atom. The number of likely N-dealkylation sites (N-methyl/N-ethyl adjacent to an activating group) is 1. The topological polar surface area (TPSA) is 67.6 Å². The van der Waals surface area contributed by atoms with Crippen LogP contribution in [-0.4, -0.2) is 43.1 Å². The predicted octanol–water partition coefficient (Wildman–Crippen LogP) is 2.75. The van der Waals surface area contributed by atoms with Gasteiger partial charge in [0.05, 0.1) is 11.5 Å². The number of ether oxygens (including phenoxy) is 1. The van der Waals surface area contributed by atoms with Gasteiger partial charge in [-0.15, -0.1) is 0 Å². The standard InChI is InChI=1S/C14H23N3O3/c1-4-11-20-13-8-6-7-12(14(13)17(18)19)15-9-10-16(3)5-2/h6-8,15H,4-5,9-11H2,1-3H3. The van der Waals surface area contributed by atoms with E-state index in [4.69, 9.17) is 4.74 Å². The van der Waals surface area contributed by atoms with Crippen LogP contribution >= 0.6 is 0 Å². The van der Waals surface area contributed by atoms with Crippen LogP contribution in [0, 0.1) is 10.1 Å². The van der Waals surface area contributed by atoms with Crippen molar-refractivity contribution in [3.05, 3.63) is 28.3 Å². The maximum atomic E-state index is 11.2. The summed E-state index contributed by atoms with van der Waals surface area (Å²) in [6.07, 6.45) is 0.816. The normalized spacial score (nSPS) is 10.6. The lowest BCUT2D eigenvalue weighted by molar-refractivity contribution is -0.385. The second-order valence-corrected chi connectivity index (χ2v) is 4.58. The first-order chi connectivity index (χ1) is 9.60. The molecule has 0 amide bonds. The van der Waals surface area contributed by atoms with Gasteiger partial charge in [0.25, 0.3) is 0 Å². The fourth-order valence-corrected chi connectivity index (χ4v) is 1.72. The molecule has 0 aliphatic carbocycles.